The minimum absolute atomic E-state index is 0.0250. The van der Waals surface area contributed by atoms with Crippen molar-refractivity contribution in [1.29, 1.82) is 0 Å². The highest BCUT2D eigenvalue weighted by molar-refractivity contribution is 7.92. The molecule has 0 radical (unpaired) electrons. The Balaban J connectivity index is 1.66. The minimum atomic E-state index is -5.07. The molecule has 0 aliphatic heterocycles. The van der Waals surface area contributed by atoms with Crippen LogP contribution >= 0.6 is 11.6 Å². The van der Waals surface area contributed by atoms with Crippen molar-refractivity contribution < 1.29 is 50.8 Å². The van der Waals surface area contributed by atoms with Gasteiger partial charge in [-0.3, -0.25) is 0 Å². The number of amides is 2. The fraction of sp³-hybridized carbons (Fsp3) is 0.220. The summed E-state index contributed by atoms with van der Waals surface area (Å²) in [6, 6.07) is 24.1. The van der Waals surface area contributed by atoms with Crippen LogP contribution in [0.5, 0.6) is 17.2 Å². The molecular formula is C41H42ClN9O11S2. The van der Waals surface area contributed by atoms with Gasteiger partial charge in [0.25, 0.3) is 0 Å². The second-order valence-corrected chi connectivity index (χ2v) is 17.8. The maximum Gasteiger partial charge on any atom is 0.404 e. The fourth-order valence-corrected chi connectivity index (χ4v) is 10.4. The number of ether oxygens (including phenoxy) is 3. The molecule has 2 amide bonds. The summed E-state index contributed by atoms with van der Waals surface area (Å²) in [7, 11) is -5.64. The van der Waals surface area contributed by atoms with Crippen LogP contribution < -0.4 is 29.6 Å². The zero-order valence-electron chi connectivity index (χ0n) is 34.4. The van der Waals surface area contributed by atoms with Crippen LogP contribution in [-0.4, -0.2) is 109 Å². The Kier molecular flexibility index (Phi) is 15.0. The highest BCUT2D eigenvalue weighted by Crippen LogP contribution is 2.42. The molecule has 20 nitrogen and oxygen atoms in total. The number of hydrogen-bond donors (Lipinski definition) is 5. The molecule has 2 heterocycles. The number of tetrazole rings is 1. The fourth-order valence-electron chi connectivity index (χ4n) is 6.54. The van der Waals surface area contributed by atoms with Crippen LogP contribution in [0.4, 0.5) is 9.59 Å². The van der Waals surface area contributed by atoms with Crippen LogP contribution in [0.15, 0.2) is 113 Å². The van der Waals surface area contributed by atoms with E-state index in [1.807, 2.05) is 10.6 Å². The Morgan fingerprint density at radius 3 is 1.75 bits per heavy atom. The van der Waals surface area contributed by atoms with Gasteiger partial charge in [-0.25, -0.2) is 40.8 Å². The maximum absolute atomic E-state index is 16.0. The van der Waals surface area contributed by atoms with Crippen molar-refractivity contribution in [2.45, 2.75) is 35.5 Å². The van der Waals surface area contributed by atoms with Crippen LogP contribution in [0.25, 0.3) is 22.5 Å². The predicted molar refractivity (Wildman–Crippen MR) is 232 cm³/mol. The van der Waals surface area contributed by atoms with Gasteiger partial charge in [0, 0.05) is 32.4 Å². The summed E-state index contributed by atoms with van der Waals surface area (Å²) >= 11 is 6.39. The summed E-state index contributed by atoms with van der Waals surface area (Å²) in [5.74, 6) is 1.42. The largest absolute Gasteiger partial charge is 0.497 e. The SMILES string of the molecule is COc1ccc(CN(Cc2ccc(OC)cc2)S(=O)(=O)c2c(S(=O)(=O)NC(CNC(=O)O)CNC(=O)O)ccc(-c3ccnc(Cl)c3)c2-c2nnnn2Cc2ccc(OC)cc2)cc1. The molecule has 6 rings (SSSR count). The molecule has 64 heavy (non-hydrogen) atoms. The summed E-state index contributed by atoms with van der Waals surface area (Å²) in [5, 5.41) is 35.2. The third-order valence-electron chi connectivity index (χ3n) is 9.65. The van der Waals surface area contributed by atoms with Crippen molar-refractivity contribution in [2.24, 2.45) is 0 Å². The highest BCUT2D eigenvalue weighted by atomic mass is 35.5. The third kappa shape index (κ3) is 11.4. The topological polar surface area (TPSA) is 266 Å². The number of benzene rings is 4. The molecule has 0 bridgehead atoms. The zero-order chi connectivity index (χ0) is 46.0. The molecule has 4 aromatic carbocycles. The number of sulfonamides is 2. The molecule has 0 saturated carbocycles. The van der Waals surface area contributed by atoms with Crippen LogP contribution in [0.1, 0.15) is 16.7 Å². The van der Waals surface area contributed by atoms with Gasteiger partial charge in [-0.05, 0) is 92.8 Å². The van der Waals surface area contributed by atoms with Gasteiger partial charge >= 0.3 is 12.2 Å². The van der Waals surface area contributed by atoms with Crippen LogP contribution in [0.2, 0.25) is 5.15 Å². The Morgan fingerprint density at radius 1 is 0.750 bits per heavy atom. The quantitative estimate of drug-likeness (QED) is 0.0650. The summed E-state index contributed by atoms with van der Waals surface area (Å²) in [6.07, 6.45) is -1.67. The van der Waals surface area contributed by atoms with E-state index in [-0.39, 0.29) is 41.7 Å². The van der Waals surface area contributed by atoms with Gasteiger partial charge in [-0.15, -0.1) is 5.10 Å². The Labute approximate surface area is 372 Å². The van der Waals surface area contributed by atoms with Crippen LogP contribution in [0, 0.1) is 0 Å². The first-order valence-electron chi connectivity index (χ1n) is 19.0. The van der Waals surface area contributed by atoms with Gasteiger partial charge in [0.2, 0.25) is 20.0 Å². The van der Waals surface area contributed by atoms with Gasteiger partial charge in [-0.2, -0.15) is 4.31 Å². The number of carboxylic acid groups (broad SMARTS) is 2. The lowest BCUT2D eigenvalue weighted by atomic mass is 10.00. The number of pyridine rings is 1. The van der Waals surface area contributed by atoms with Gasteiger partial charge in [0.15, 0.2) is 5.82 Å². The first-order chi connectivity index (χ1) is 30.6. The molecule has 2 aromatic heterocycles. The number of rotatable bonds is 20. The van der Waals surface area contributed by atoms with E-state index in [4.69, 9.17) is 25.8 Å². The normalized spacial score (nSPS) is 11.7. The molecule has 0 spiro atoms. The molecule has 6 aromatic rings. The molecule has 0 unspecified atom stereocenters. The summed E-state index contributed by atoms with van der Waals surface area (Å²) in [4.78, 5) is 25.5. The average Bonchev–Trinajstić information content (AvgIpc) is 3.74. The van der Waals surface area contributed by atoms with Crippen molar-refractivity contribution in [2.75, 3.05) is 34.4 Å². The average molecular weight is 936 g/mol. The second kappa shape index (κ2) is 20.6. The number of carbonyl (C=O) groups is 2. The molecule has 0 atom stereocenters. The number of nitrogens with zero attached hydrogens (tertiary/aromatic N) is 6. The summed E-state index contributed by atoms with van der Waals surface area (Å²) < 4.78 is 82.3. The molecular weight excluding hydrogens is 894 g/mol. The van der Waals surface area contributed by atoms with E-state index in [1.54, 1.807) is 78.9 Å². The third-order valence-corrected chi connectivity index (χ3v) is 13.4. The number of hydrogen-bond acceptors (Lipinski definition) is 13. The van der Waals surface area contributed by atoms with E-state index in [2.05, 4.69) is 25.2 Å². The maximum atomic E-state index is 16.0. The van der Waals surface area contributed by atoms with Gasteiger partial charge in [0.1, 0.15) is 32.2 Å². The van der Waals surface area contributed by atoms with Crippen molar-refractivity contribution in [3.05, 3.63) is 125 Å². The standard InChI is InChI=1S/C41H42ClN9O11S2/c1-60-31-10-4-26(5-11-31)23-50(24-27-6-12-32(61-2)13-7-27)64(58,59)38-35(63(56,57)47-30(21-44-40(52)53)22-45-41(54)55)17-16-34(29-18-19-43-36(42)20-29)37(38)39-46-48-49-51(39)25-28-8-14-33(62-3)15-9-28/h4-20,30,44-45,47H,21-25H2,1-3H3,(H,52,53)(H,54,55). The molecule has 0 aliphatic rings. The number of aromatic nitrogens is 5. The molecule has 0 aliphatic carbocycles. The smallest absolute Gasteiger partial charge is 0.404 e. The molecule has 336 valence electrons. The monoisotopic (exact) mass is 935 g/mol. The number of nitrogens with one attached hydrogen (secondary N) is 3. The highest BCUT2D eigenvalue weighted by Gasteiger charge is 2.39. The first kappa shape index (κ1) is 46.6. The van der Waals surface area contributed by atoms with Gasteiger partial charge in [-0.1, -0.05) is 54.1 Å². The van der Waals surface area contributed by atoms with Gasteiger partial charge in [0.05, 0.1) is 39.5 Å². The molecule has 0 saturated heterocycles. The van der Waals surface area contributed by atoms with Crippen LogP contribution in [0.3, 0.4) is 0 Å². The number of methoxy groups -OCH3 is 3. The lowest BCUT2D eigenvalue weighted by Crippen LogP contribution is -2.49. The Bertz CT molecular complexity index is 2750. The molecule has 23 heteroatoms. The second-order valence-electron chi connectivity index (χ2n) is 13.9. The minimum Gasteiger partial charge on any atom is -0.497 e. The number of halogens is 1. The van der Waals surface area contributed by atoms with Crippen LogP contribution in [-0.2, 0) is 39.7 Å². The van der Waals surface area contributed by atoms with E-state index in [0.29, 0.717) is 39.5 Å². The van der Waals surface area contributed by atoms with Crippen molar-refractivity contribution in [3.8, 4) is 39.8 Å². The lowest BCUT2D eigenvalue weighted by Gasteiger charge is -2.27. The van der Waals surface area contributed by atoms with E-state index in [9.17, 15) is 28.2 Å². The summed E-state index contributed by atoms with van der Waals surface area (Å²) in [6.45, 7) is -1.83. The van der Waals surface area contributed by atoms with Crippen molar-refractivity contribution in [3.63, 3.8) is 0 Å². The molecule has 5 N–H and O–H groups in total. The van der Waals surface area contributed by atoms with E-state index in [0.717, 1.165) is 10.4 Å². The predicted octanol–water partition coefficient (Wildman–Crippen LogP) is 4.70. The van der Waals surface area contributed by atoms with Crippen molar-refractivity contribution >= 4 is 43.8 Å². The zero-order valence-corrected chi connectivity index (χ0v) is 36.8. The first-order valence-corrected chi connectivity index (χ1v) is 22.3. The van der Waals surface area contributed by atoms with Crippen molar-refractivity contribution in [1.82, 2.24) is 44.9 Å². The van der Waals surface area contributed by atoms with E-state index < -0.39 is 61.2 Å². The Hall–Kier alpha value is -6.85. The van der Waals surface area contributed by atoms with E-state index >= 15 is 8.42 Å². The van der Waals surface area contributed by atoms with E-state index in [1.165, 1.54) is 44.3 Å². The van der Waals surface area contributed by atoms with Gasteiger partial charge < -0.3 is 35.1 Å². The molecule has 0 fully saturated rings. The Morgan fingerprint density at radius 2 is 1.27 bits per heavy atom. The summed E-state index contributed by atoms with van der Waals surface area (Å²) in [5.41, 5.74) is 1.87. The lowest BCUT2D eigenvalue weighted by molar-refractivity contribution is 0.191.